The molecule has 0 saturated carbocycles. The third-order valence-corrected chi connectivity index (χ3v) is 4.48. The SMILES string of the molecule is CC(C)N1CCCC(Cn2c(=O)[nH]c3c(F)cccc32)C1. The van der Waals surface area contributed by atoms with Gasteiger partial charge in [-0.3, -0.25) is 4.57 Å². The van der Waals surface area contributed by atoms with E-state index < -0.39 is 0 Å². The highest BCUT2D eigenvalue weighted by Gasteiger charge is 2.23. The number of aromatic amines is 1. The average Bonchev–Trinajstić information content (AvgIpc) is 2.78. The first-order chi connectivity index (χ1) is 10.1. The number of H-pyrrole nitrogens is 1. The monoisotopic (exact) mass is 291 g/mol. The summed E-state index contributed by atoms with van der Waals surface area (Å²) in [6, 6.07) is 5.37. The lowest BCUT2D eigenvalue weighted by Gasteiger charge is -2.35. The van der Waals surface area contributed by atoms with Crippen molar-refractivity contribution >= 4 is 11.0 Å². The fraction of sp³-hybridized carbons (Fsp3) is 0.562. The highest BCUT2D eigenvalue weighted by molar-refractivity contribution is 5.75. The molecular weight excluding hydrogens is 269 g/mol. The summed E-state index contributed by atoms with van der Waals surface area (Å²) in [6.07, 6.45) is 2.28. The predicted octanol–water partition coefficient (Wildman–Crippen LogP) is 2.59. The zero-order chi connectivity index (χ0) is 15.0. The van der Waals surface area contributed by atoms with Crippen LogP contribution in [0, 0.1) is 11.7 Å². The molecule has 0 radical (unpaired) electrons. The first-order valence-corrected chi connectivity index (χ1v) is 7.67. The second-order valence-electron chi connectivity index (χ2n) is 6.27. The van der Waals surface area contributed by atoms with Crippen LogP contribution in [0.25, 0.3) is 11.0 Å². The maximum absolute atomic E-state index is 13.7. The predicted molar refractivity (Wildman–Crippen MR) is 81.9 cm³/mol. The molecule has 0 bridgehead atoms. The summed E-state index contributed by atoms with van der Waals surface area (Å²) in [4.78, 5) is 17.2. The van der Waals surface area contributed by atoms with Crippen LogP contribution in [0.1, 0.15) is 26.7 Å². The Kier molecular flexibility index (Phi) is 3.85. The van der Waals surface area contributed by atoms with Gasteiger partial charge in [0.1, 0.15) is 11.3 Å². The highest BCUT2D eigenvalue weighted by atomic mass is 19.1. The molecule has 0 aliphatic carbocycles. The molecule has 114 valence electrons. The number of benzene rings is 1. The van der Waals surface area contributed by atoms with E-state index in [-0.39, 0.29) is 11.5 Å². The molecule has 1 aromatic heterocycles. The van der Waals surface area contributed by atoms with E-state index in [0.29, 0.717) is 29.5 Å². The Morgan fingerprint density at radius 1 is 1.43 bits per heavy atom. The number of hydrogen-bond donors (Lipinski definition) is 1. The van der Waals surface area contributed by atoms with Crippen LogP contribution in [0.15, 0.2) is 23.0 Å². The summed E-state index contributed by atoms with van der Waals surface area (Å²) in [7, 11) is 0. The Bertz CT molecular complexity index is 688. The number of nitrogens with zero attached hydrogens (tertiary/aromatic N) is 2. The molecule has 1 atom stereocenters. The minimum atomic E-state index is -0.365. The Balaban J connectivity index is 1.87. The molecule has 0 amide bonds. The quantitative estimate of drug-likeness (QED) is 0.944. The number of nitrogens with one attached hydrogen (secondary N) is 1. The summed E-state index contributed by atoms with van der Waals surface area (Å²) >= 11 is 0. The van der Waals surface area contributed by atoms with Crippen molar-refractivity contribution in [2.24, 2.45) is 5.92 Å². The first kappa shape index (κ1) is 14.3. The molecule has 1 saturated heterocycles. The minimum absolute atomic E-state index is 0.211. The number of piperidine rings is 1. The van der Waals surface area contributed by atoms with E-state index >= 15 is 0 Å². The molecule has 5 heteroatoms. The van der Waals surface area contributed by atoms with Crippen LogP contribution < -0.4 is 5.69 Å². The topological polar surface area (TPSA) is 41.0 Å². The Morgan fingerprint density at radius 2 is 2.24 bits per heavy atom. The fourth-order valence-corrected chi connectivity index (χ4v) is 3.30. The molecule has 1 fully saturated rings. The van der Waals surface area contributed by atoms with Gasteiger partial charge in [0.05, 0.1) is 5.52 Å². The van der Waals surface area contributed by atoms with Crippen molar-refractivity contribution < 1.29 is 4.39 Å². The van der Waals surface area contributed by atoms with Crippen LogP contribution in [0.4, 0.5) is 4.39 Å². The van der Waals surface area contributed by atoms with Crippen molar-refractivity contribution in [3.63, 3.8) is 0 Å². The molecule has 21 heavy (non-hydrogen) atoms. The van der Waals surface area contributed by atoms with Crippen molar-refractivity contribution in [1.29, 1.82) is 0 Å². The lowest BCUT2D eigenvalue weighted by molar-refractivity contribution is 0.131. The van der Waals surface area contributed by atoms with Gasteiger partial charge in [-0.25, -0.2) is 9.18 Å². The Labute approximate surface area is 123 Å². The average molecular weight is 291 g/mol. The molecule has 1 aliphatic heterocycles. The number of aromatic nitrogens is 2. The molecule has 1 unspecified atom stereocenters. The molecule has 3 rings (SSSR count). The van der Waals surface area contributed by atoms with Crippen LogP contribution in [0.2, 0.25) is 0 Å². The Hall–Kier alpha value is -1.62. The third kappa shape index (κ3) is 2.75. The van der Waals surface area contributed by atoms with Gasteiger partial charge in [0.2, 0.25) is 0 Å². The van der Waals surface area contributed by atoms with Gasteiger partial charge < -0.3 is 9.88 Å². The summed E-state index contributed by atoms with van der Waals surface area (Å²) < 4.78 is 15.4. The molecule has 2 heterocycles. The smallest absolute Gasteiger partial charge is 0.303 e. The molecule has 0 spiro atoms. The second kappa shape index (κ2) is 5.64. The molecule has 2 aromatic rings. The van der Waals surface area contributed by atoms with Gasteiger partial charge >= 0.3 is 5.69 Å². The van der Waals surface area contributed by atoms with E-state index in [4.69, 9.17) is 0 Å². The van der Waals surface area contributed by atoms with Crippen molar-refractivity contribution in [1.82, 2.24) is 14.5 Å². The zero-order valence-corrected chi connectivity index (χ0v) is 12.6. The van der Waals surface area contributed by atoms with Crippen LogP contribution in [-0.4, -0.2) is 33.6 Å². The molecule has 1 aliphatic rings. The molecule has 4 nitrogen and oxygen atoms in total. The van der Waals surface area contributed by atoms with Crippen LogP contribution in [0.5, 0.6) is 0 Å². The van der Waals surface area contributed by atoms with E-state index in [9.17, 15) is 9.18 Å². The van der Waals surface area contributed by atoms with Gasteiger partial charge in [0.15, 0.2) is 0 Å². The number of halogens is 1. The van der Waals surface area contributed by atoms with E-state index in [1.807, 2.05) is 0 Å². The van der Waals surface area contributed by atoms with E-state index in [0.717, 1.165) is 25.9 Å². The molecular formula is C16H22FN3O. The van der Waals surface area contributed by atoms with Crippen molar-refractivity contribution in [3.05, 3.63) is 34.5 Å². The summed E-state index contributed by atoms with van der Waals surface area (Å²) in [5.41, 5.74) is 0.775. The number of imidazole rings is 1. The highest BCUT2D eigenvalue weighted by Crippen LogP contribution is 2.22. The first-order valence-electron chi connectivity index (χ1n) is 7.67. The van der Waals surface area contributed by atoms with Crippen LogP contribution in [0.3, 0.4) is 0 Å². The van der Waals surface area contributed by atoms with Crippen molar-refractivity contribution in [2.45, 2.75) is 39.3 Å². The van der Waals surface area contributed by atoms with E-state index in [1.54, 1.807) is 16.7 Å². The van der Waals surface area contributed by atoms with Crippen LogP contribution in [-0.2, 0) is 6.54 Å². The van der Waals surface area contributed by atoms with Gasteiger partial charge in [-0.05, 0) is 51.3 Å². The molecule has 1 aromatic carbocycles. The second-order valence-corrected chi connectivity index (χ2v) is 6.27. The van der Waals surface area contributed by atoms with Crippen molar-refractivity contribution in [2.75, 3.05) is 13.1 Å². The van der Waals surface area contributed by atoms with E-state index in [1.165, 1.54) is 6.07 Å². The lowest BCUT2D eigenvalue weighted by atomic mass is 9.97. The normalized spacial score (nSPS) is 20.5. The van der Waals surface area contributed by atoms with Crippen LogP contribution >= 0.6 is 0 Å². The summed E-state index contributed by atoms with van der Waals surface area (Å²) in [6.45, 7) is 7.20. The number of rotatable bonds is 3. The maximum Gasteiger partial charge on any atom is 0.326 e. The minimum Gasteiger partial charge on any atom is -0.303 e. The lowest BCUT2D eigenvalue weighted by Crippen LogP contribution is -2.41. The third-order valence-electron chi connectivity index (χ3n) is 4.48. The summed E-state index contributed by atoms with van der Waals surface area (Å²) in [5.74, 6) is 0.0805. The number of fused-ring (bicyclic) bond motifs is 1. The largest absolute Gasteiger partial charge is 0.326 e. The number of hydrogen-bond acceptors (Lipinski definition) is 2. The van der Waals surface area contributed by atoms with Gasteiger partial charge in [-0.1, -0.05) is 6.07 Å². The Morgan fingerprint density at radius 3 is 3.00 bits per heavy atom. The maximum atomic E-state index is 13.7. The van der Waals surface area contributed by atoms with Gasteiger partial charge in [0, 0.05) is 19.1 Å². The zero-order valence-electron chi connectivity index (χ0n) is 12.6. The van der Waals surface area contributed by atoms with Gasteiger partial charge in [-0.2, -0.15) is 0 Å². The van der Waals surface area contributed by atoms with E-state index in [2.05, 4.69) is 23.7 Å². The van der Waals surface area contributed by atoms with Crippen molar-refractivity contribution in [3.8, 4) is 0 Å². The standard InChI is InChI=1S/C16H22FN3O/c1-11(2)19-8-4-5-12(9-19)10-20-14-7-3-6-13(17)15(14)18-16(20)21/h3,6-7,11-12H,4-5,8-10H2,1-2H3,(H,18,21). The summed E-state index contributed by atoms with van der Waals surface area (Å²) in [5, 5.41) is 0. The van der Waals surface area contributed by atoms with Gasteiger partial charge in [-0.15, -0.1) is 0 Å². The molecule has 1 N–H and O–H groups in total. The number of likely N-dealkylation sites (tertiary alicyclic amines) is 1. The van der Waals surface area contributed by atoms with Gasteiger partial charge in [0.25, 0.3) is 0 Å². The fourth-order valence-electron chi connectivity index (χ4n) is 3.30. The number of para-hydroxylation sites is 1.